The summed E-state index contributed by atoms with van der Waals surface area (Å²) in [6, 6.07) is 23.8. The van der Waals surface area contributed by atoms with E-state index < -0.39 is 51.7 Å². The second kappa shape index (κ2) is 18.0. The van der Waals surface area contributed by atoms with E-state index in [9.17, 15) is 33.7 Å². The van der Waals surface area contributed by atoms with Gasteiger partial charge in [-0.15, -0.1) is 45.3 Å². The van der Waals surface area contributed by atoms with Crippen LogP contribution in [-0.4, -0.2) is 65.2 Å². The van der Waals surface area contributed by atoms with E-state index in [1.807, 2.05) is 0 Å². The molecule has 72 heavy (non-hydrogen) atoms. The molecule has 4 aromatic heterocycles. The van der Waals surface area contributed by atoms with Crippen molar-refractivity contribution >= 4 is 185 Å². The van der Waals surface area contributed by atoms with Gasteiger partial charge in [0.15, 0.2) is 28.9 Å². The normalized spacial score (nSPS) is 13.4. The Morgan fingerprint density at radius 3 is 0.736 bits per heavy atom. The molecule has 0 fully saturated rings. The van der Waals surface area contributed by atoms with Crippen LogP contribution in [0, 0.1) is 0 Å². The van der Waals surface area contributed by atoms with E-state index in [4.69, 9.17) is 40.5 Å². The van der Waals surface area contributed by atoms with Crippen LogP contribution in [-0.2, 0) is 40.1 Å². The highest BCUT2D eigenvalue weighted by Gasteiger charge is 2.39. The molecule has 1 aliphatic rings. The number of carbonyl (C=O) groups is 2. The zero-order valence-corrected chi connectivity index (χ0v) is 45.1. The lowest BCUT2D eigenvalue weighted by atomic mass is 9.84. The van der Waals surface area contributed by atoms with Gasteiger partial charge in [0.2, 0.25) is 40.1 Å². The lowest BCUT2D eigenvalue weighted by molar-refractivity contribution is 0.0970. The Bertz CT molecular complexity index is 3960. The van der Waals surface area contributed by atoms with Crippen LogP contribution in [0.2, 0.25) is 0 Å². The van der Waals surface area contributed by atoms with Gasteiger partial charge < -0.3 is 0 Å². The molecule has 0 spiro atoms. The first kappa shape index (κ1) is 49.5. The van der Waals surface area contributed by atoms with Gasteiger partial charge in [-0.1, -0.05) is 47.0 Å². The fraction of sp³-hybridized carbons (Fsp3) is 0. The lowest BCUT2D eigenvalue weighted by Crippen LogP contribution is -2.24. The van der Waals surface area contributed by atoms with E-state index >= 15 is 9.59 Å². The first-order valence-electron chi connectivity index (χ1n) is 19.8. The number of primary sulfonamides is 4. The number of nitrogens with two attached hydrogens (primary N) is 4. The highest BCUT2D eigenvalue weighted by molar-refractivity contribution is 8.02. The molecule has 0 unspecified atom stereocenters. The summed E-state index contributed by atoms with van der Waals surface area (Å²) in [5, 5.41) is 21.7. The van der Waals surface area contributed by atoms with Crippen molar-refractivity contribution in [2.45, 2.75) is 56.5 Å². The van der Waals surface area contributed by atoms with Crippen molar-refractivity contribution in [3.05, 3.63) is 119 Å². The highest BCUT2D eigenvalue weighted by atomic mass is 32.2. The van der Waals surface area contributed by atoms with E-state index in [0.29, 0.717) is 77.8 Å². The summed E-state index contributed by atoms with van der Waals surface area (Å²) in [4.78, 5) is 51.2. The molecule has 18 nitrogen and oxygen atoms in total. The maximum absolute atomic E-state index is 15.7. The molecule has 364 valence electrons. The third kappa shape index (κ3) is 9.41. The Morgan fingerprint density at radius 2 is 0.542 bits per heavy atom. The average Bonchev–Trinajstić information content (AvgIpc) is 4.10. The first-order chi connectivity index (χ1) is 33.9. The molecule has 0 atom stereocenters. The van der Waals surface area contributed by atoms with Crippen molar-refractivity contribution in [1.82, 2.24) is 19.9 Å². The second-order valence-corrected chi connectivity index (χ2v) is 30.8. The zero-order valence-electron chi connectivity index (χ0n) is 35.3. The molecule has 0 amide bonds. The molecule has 8 N–H and O–H groups in total. The lowest BCUT2D eigenvalue weighted by Gasteiger charge is -2.25. The minimum absolute atomic E-state index is 0.0335. The molecule has 10 aromatic rings. The number of benzene rings is 6. The van der Waals surface area contributed by atoms with Crippen LogP contribution < -0.4 is 20.6 Å². The van der Waals surface area contributed by atoms with Gasteiger partial charge in [-0.2, -0.15) is 0 Å². The van der Waals surface area contributed by atoms with Gasteiger partial charge in [0.05, 0.1) is 60.4 Å². The topological polar surface area (TPSA) is 326 Å². The Hall–Kier alpha value is -4.74. The standard InChI is InChI=1S/C42H24N8O10S12/c43-69(53,54)17-1-5-21-29(13-17)65-39(47-21)61-25-9-10-26(62-40-48-22-6-2-18(70(44,55)56)14-30(22)66-40)34-33(25)37(51)35-27(63-41-49-23-7-3-19(71(45,57)58)15-31(23)67-41)11-12-28(36(35)38(34)52)64-42-50-24-8-4-20(72(46,59)60)16-32(24)68-42/h1-16H,(H2,43,53,54)(H2,44,55,56)(H2,45,57,58)(H2,46,59,60). The predicted octanol–water partition coefficient (Wildman–Crippen LogP) is 8.10. The first-order valence-corrected chi connectivity index (χ1v) is 32.5. The van der Waals surface area contributed by atoms with Crippen molar-refractivity contribution in [3.63, 3.8) is 0 Å². The number of nitrogens with zero attached hydrogens (tertiary/aromatic N) is 4. The number of hydrogen-bond donors (Lipinski definition) is 4. The van der Waals surface area contributed by atoms with Crippen LogP contribution in [0.4, 0.5) is 0 Å². The van der Waals surface area contributed by atoms with Crippen LogP contribution in [0.5, 0.6) is 0 Å². The molecule has 30 heteroatoms. The number of thiazole rings is 4. The molecule has 6 aromatic carbocycles. The average molecular weight is 1190 g/mol. The van der Waals surface area contributed by atoms with Gasteiger partial charge >= 0.3 is 0 Å². The summed E-state index contributed by atoms with van der Waals surface area (Å²) in [7, 11) is -16.2. The maximum Gasteiger partial charge on any atom is 0.238 e. The van der Waals surface area contributed by atoms with Crippen molar-refractivity contribution < 1.29 is 43.3 Å². The van der Waals surface area contributed by atoms with Crippen LogP contribution in [0.25, 0.3) is 40.9 Å². The molecule has 0 bridgehead atoms. The largest absolute Gasteiger partial charge is 0.288 e. The molecule has 0 saturated carbocycles. The molecule has 1 aliphatic carbocycles. The summed E-state index contributed by atoms with van der Waals surface area (Å²) < 4.78 is 101. The van der Waals surface area contributed by atoms with Gasteiger partial charge in [-0.25, -0.2) is 74.2 Å². The van der Waals surface area contributed by atoms with Crippen LogP contribution >= 0.6 is 92.4 Å². The number of aromatic nitrogens is 4. The van der Waals surface area contributed by atoms with Crippen LogP contribution in [0.3, 0.4) is 0 Å². The predicted molar refractivity (Wildman–Crippen MR) is 280 cm³/mol. The smallest absolute Gasteiger partial charge is 0.238 e. The summed E-state index contributed by atoms with van der Waals surface area (Å²) in [5.41, 5.74) is 2.00. The van der Waals surface area contributed by atoms with Crippen LogP contribution in [0.15, 0.2) is 154 Å². The third-order valence-electron chi connectivity index (χ3n) is 10.6. The van der Waals surface area contributed by atoms with E-state index in [1.54, 1.807) is 24.3 Å². The van der Waals surface area contributed by atoms with Gasteiger partial charge in [-0.3, -0.25) is 9.59 Å². The zero-order chi connectivity index (χ0) is 50.8. The quantitative estimate of drug-likeness (QED) is 0.0897. The van der Waals surface area contributed by atoms with Crippen molar-refractivity contribution in [3.8, 4) is 0 Å². The molecular formula is C42H24N8O10S12. The van der Waals surface area contributed by atoms with Crippen LogP contribution in [0.1, 0.15) is 31.8 Å². The Morgan fingerprint density at radius 1 is 0.333 bits per heavy atom. The SMILES string of the molecule is NS(=O)(=O)c1ccc2nc(Sc3ccc(Sc4nc5ccc(S(N)(=O)=O)cc5s4)c4c3C(=O)c3c(Sc5nc6ccc(S(N)(=O)=O)cc6s5)ccc(Sc5nc6ccc(S(N)(=O)=O)cc6s5)c3C4=O)sc2c1. The number of ketones is 2. The summed E-state index contributed by atoms with van der Waals surface area (Å²) in [6.45, 7) is 0. The third-order valence-corrected chi connectivity index (χ3v) is 22.8. The number of hydrogen-bond acceptors (Lipinski definition) is 22. The molecule has 11 rings (SSSR count). The van der Waals surface area contributed by atoms with Crippen molar-refractivity contribution in [2.24, 2.45) is 20.6 Å². The van der Waals surface area contributed by atoms with E-state index in [0.717, 1.165) is 92.4 Å². The maximum atomic E-state index is 15.7. The minimum atomic E-state index is -4.04. The minimum Gasteiger partial charge on any atom is -0.288 e. The Kier molecular flexibility index (Phi) is 12.4. The van der Waals surface area contributed by atoms with Gasteiger partial charge in [-0.05, 0) is 97.1 Å². The van der Waals surface area contributed by atoms with E-state index in [2.05, 4.69) is 0 Å². The molecule has 4 heterocycles. The Labute approximate surface area is 440 Å². The van der Waals surface area contributed by atoms with Gasteiger partial charge in [0, 0.05) is 41.8 Å². The number of rotatable bonds is 12. The fourth-order valence-electron chi connectivity index (χ4n) is 7.41. The summed E-state index contributed by atoms with van der Waals surface area (Å²) >= 11 is 8.99. The monoisotopic (exact) mass is 1180 g/mol. The number of carbonyl (C=O) groups excluding carboxylic acids is 2. The molecule has 0 radical (unpaired) electrons. The highest BCUT2D eigenvalue weighted by Crippen LogP contribution is 2.50. The second-order valence-electron chi connectivity index (χ2n) is 15.3. The molecule has 0 aliphatic heterocycles. The van der Waals surface area contributed by atoms with Crippen molar-refractivity contribution in [1.29, 1.82) is 0 Å². The fourth-order valence-corrected chi connectivity index (χ4v) is 18.7. The molecular weight excluding hydrogens is 1160 g/mol. The van der Waals surface area contributed by atoms with Gasteiger partial charge in [0.25, 0.3) is 0 Å². The molecule has 0 saturated heterocycles. The van der Waals surface area contributed by atoms with E-state index in [-0.39, 0.29) is 41.8 Å². The van der Waals surface area contributed by atoms with E-state index in [1.165, 1.54) is 72.8 Å². The number of sulfonamides is 4. The van der Waals surface area contributed by atoms with Gasteiger partial charge in [0.1, 0.15) is 0 Å². The Balaban J connectivity index is 1.08. The summed E-state index contributed by atoms with van der Waals surface area (Å²) in [5.74, 6) is -1.09. The number of fused-ring (bicyclic) bond motifs is 6. The van der Waals surface area contributed by atoms with Crippen molar-refractivity contribution in [2.75, 3.05) is 0 Å². The summed E-state index contributed by atoms with van der Waals surface area (Å²) in [6.07, 6.45) is 0.